The Hall–Kier alpha value is -2.28. The van der Waals surface area contributed by atoms with Gasteiger partial charge in [0.1, 0.15) is 5.75 Å². The second-order valence-electron chi connectivity index (χ2n) is 4.47. The minimum absolute atomic E-state index is 0.0107. The van der Waals surface area contributed by atoms with E-state index in [4.69, 9.17) is 21.4 Å². The lowest BCUT2D eigenvalue weighted by atomic mass is 10.1. The van der Waals surface area contributed by atoms with Crippen LogP contribution in [0.5, 0.6) is 5.75 Å². The van der Waals surface area contributed by atoms with Crippen molar-refractivity contribution in [3.8, 4) is 5.75 Å². The summed E-state index contributed by atoms with van der Waals surface area (Å²) in [6, 6.07) is 5.32. The van der Waals surface area contributed by atoms with Gasteiger partial charge < -0.3 is 26.7 Å². The van der Waals surface area contributed by atoms with Gasteiger partial charge in [0.05, 0.1) is 12.7 Å². The Balaban J connectivity index is 2.76. The predicted molar refractivity (Wildman–Crippen MR) is 75.6 cm³/mol. The quantitative estimate of drug-likeness (QED) is 0.245. The summed E-state index contributed by atoms with van der Waals surface area (Å²) in [6.07, 6.45) is 0.277. The molecule has 1 unspecified atom stereocenters. The first-order valence-corrected chi connectivity index (χ1v) is 6.14. The van der Waals surface area contributed by atoms with Crippen LogP contribution in [0.25, 0.3) is 0 Å². The van der Waals surface area contributed by atoms with Crippen molar-refractivity contribution in [2.24, 2.45) is 16.6 Å². The molecule has 0 heterocycles. The van der Waals surface area contributed by atoms with Crippen molar-refractivity contribution in [3.63, 3.8) is 0 Å². The molecule has 0 spiro atoms. The summed E-state index contributed by atoms with van der Waals surface area (Å²) in [5, 5.41) is 14.8. The van der Waals surface area contributed by atoms with Gasteiger partial charge >= 0.3 is 0 Å². The van der Waals surface area contributed by atoms with Crippen molar-refractivity contribution in [3.05, 3.63) is 29.3 Å². The van der Waals surface area contributed by atoms with Gasteiger partial charge in [-0.15, -0.1) is 0 Å². The first kappa shape index (κ1) is 15.8. The zero-order chi connectivity index (χ0) is 15.1. The maximum absolute atomic E-state index is 10.8. The molecule has 7 nitrogen and oxygen atoms in total. The maximum Gasteiger partial charge on any atom is 0.218 e. The van der Waals surface area contributed by atoms with E-state index in [2.05, 4.69) is 10.5 Å². The number of hydrogen-bond acceptors (Lipinski definition) is 5. The average molecular weight is 280 g/mol. The Labute approximate surface area is 117 Å². The zero-order valence-electron chi connectivity index (χ0n) is 11.6. The zero-order valence-corrected chi connectivity index (χ0v) is 11.6. The third-order valence-electron chi connectivity index (χ3n) is 2.81. The molecule has 1 amide bonds. The summed E-state index contributed by atoms with van der Waals surface area (Å²) in [5.41, 5.74) is 12.1. The second-order valence-corrected chi connectivity index (χ2v) is 4.47. The standard InChI is InChI=1S/C13H20N4O3/c1-8(5-12(14)18)16-7-9-3-4-10(13(15)17-19)11(6-9)20-2/h3-4,6,8,16,19H,5,7H2,1-2H3,(H2,14,18)(H2,15,17). The molecule has 20 heavy (non-hydrogen) atoms. The Morgan fingerprint density at radius 3 is 2.75 bits per heavy atom. The fourth-order valence-electron chi connectivity index (χ4n) is 1.78. The highest BCUT2D eigenvalue weighted by Gasteiger charge is 2.10. The van der Waals surface area contributed by atoms with Crippen LogP contribution in [0.1, 0.15) is 24.5 Å². The minimum Gasteiger partial charge on any atom is -0.496 e. The SMILES string of the molecule is COc1cc(CNC(C)CC(N)=O)ccc1/C(N)=N/O. The second kappa shape index (κ2) is 7.34. The molecule has 0 saturated heterocycles. The van der Waals surface area contributed by atoms with E-state index < -0.39 is 0 Å². The number of rotatable bonds is 7. The molecule has 6 N–H and O–H groups in total. The van der Waals surface area contributed by atoms with E-state index in [-0.39, 0.29) is 24.2 Å². The van der Waals surface area contributed by atoms with Gasteiger partial charge in [-0.2, -0.15) is 0 Å². The van der Waals surface area contributed by atoms with Crippen molar-refractivity contribution in [1.29, 1.82) is 0 Å². The number of hydrogen-bond donors (Lipinski definition) is 4. The number of benzene rings is 1. The molecule has 0 radical (unpaired) electrons. The normalized spacial score (nSPS) is 13.0. The molecule has 0 saturated carbocycles. The van der Waals surface area contributed by atoms with E-state index in [1.165, 1.54) is 7.11 Å². The van der Waals surface area contributed by atoms with Crippen LogP contribution in [-0.4, -0.2) is 30.1 Å². The number of methoxy groups -OCH3 is 1. The molecular formula is C13H20N4O3. The molecule has 1 rings (SSSR count). The number of nitrogens with zero attached hydrogens (tertiary/aromatic N) is 1. The van der Waals surface area contributed by atoms with Crippen molar-refractivity contribution in [1.82, 2.24) is 5.32 Å². The summed E-state index contributed by atoms with van der Waals surface area (Å²) >= 11 is 0. The van der Waals surface area contributed by atoms with E-state index in [0.29, 0.717) is 17.9 Å². The number of primary amides is 1. The van der Waals surface area contributed by atoms with Gasteiger partial charge in [-0.25, -0.2) is 0 Å². The molecular weight excluding hydrogens is 260 g/mol. The number of oxime groups is 1. The van der Waals surface area contributed by atoms with Crippen LogP contribution in [0.2, 0.25) is 0 Å². The van der Waals surface area contributed by atoms with Gasteiger partial charge in [-0.3, -0.25) is 4.79 Å². The van der Waals surface area contributed by atoms with Gasteiger partial charge in [-0.1, -0.05) is 11.2 Å². The van der Waals surface area contributed by atoms with E-state index in [1.807, 2.05) is 13.0 Å². The van der Waals surface area contributed by atoms with Crippen LogP contribution in [0.15, 0.2) is 23.4 Å². The maximum atomic E-state index is 10.8. The molecule has 0 aliphatic carbocycles. The molecule has 7 heteroatoms. The number of nitrogens with one attached hydrogen (secondary N) is 1. The summed E-state index contributed by atoms with van der Waals surface area (Å²) in [5.74, 6) is 0.162. The molecule has 0 aliphatic rings. The van der Waals surface area contributed by atoms with Crippen LogP contribution in [0.3, 0.4) is 0 Å². The fourth-order valence-corrected chi connectivity index (χ4v) is 1.78. The highest BCUT2D eigenvalue weighted by Crippen LogP contribution is 2.20. The van der Waals surface area contributed by atoms with Crippen LogP contribution in [0.4, 0.5) is 0 Å². The van der Waals surface area contributed by atoms with E-state index in [9.17, 15) is 4.79 Å². The summed E-state index contributed by atoms with van der Waals surface area (Å²) in [7, 11) is 1.51. The molecule has 110 valence electrons. The van der Waals surface area contributed by atoms with Gasteiger partial charge in [-0.05, 0) is 24.6 Å². The lowest BCUT2D eigenvalue weighted by molar-refractivity contribution is -0.118. The number of nitrogens with two attached hydrogens (primary N) is 2. The Morgan fingerprint density at radius 1 is 1.50 bits per heavy atom. The third kappa shape index (κ3) is 4.43. The number of ether oxygens (including phenoxy) is 1. The van der Waals surface area contributed by atoms with Crippen molar-refractivity contribution in [2.75, 3.05) is 7.11 Å². The number of amides is 1. The lowest BCUT2D eigenvalue weighted by Gasteiger charge is -2.13. The van der Waals surface area contributed by atoms with Crippen LogP contribution in [0, 0.1) is 0 Å². The van der Waals surface area contributed by atoms with E-state index in [1.54, 1.807) is 12.1 Å². The van der Waals surface area contributed by atoms with Gasteiger partial charge in [0, 0.05) is 19.0 Å². The van der Waals surface area contributed by atoms with Crippen molar-refractivity contribution >= 4 is 11.7 Å². The van der Waals surface area contributed by atoms with E-state index in [0.717, 1.165) is 5.56 Å². The monoisotopic (exact) mass is 280 g/mol. The average Bonchev–Trinajstić information content (AvgIpc) is 2.43. The van der Waals surface area contributed by atoms with E-state index >= 15 is 0 Å². The molecule has 0 aliphatic heterocycles. The molecule has 1 atom stereocenters. The number of carbonyl (C=O) groups is 1. The van der Waals surface area contributed by atoms with Crippen molar-refractivity contribution < 1.29 is 14.7 Å². The Bertz CT molecular complexity index is 502. The van der Waals surface area contributed by atoms with Crippen LogP contribution >= 0.6 is 0 Å². The smallest absolute Gasteiger partial charge is 0.218 e. The molecule has 1 aromatic carbocycles. The Kier molecular flexibility index (Phi) is 5.79. The van der Waals surface area contributed by atoms with Gasteiger partial charge in [0.15, 0.2) is 5.84 Å². The number of carbonyl (C=O) groups excluding carboxylic acids is 1. The first-order chi connectivity index (χ1) is 9.47. The summed E-state index contributed by atoms with van der Waals surface area (Å²) in [4.78, 5) is 10.8. The predicted octanol–water partition coefficient (Wildman–Crippen LogP) is 0.143. The molecule has 0 bridgehead atoms. The molecule has 1 aromatic rings. The highest BCUT2D eigenvalue weighted by atomic mass is 16.5. The topological polar surface area (TPSA) is 123 Å². The third-order valence-corrected chi connectivity index (χ3v) is 2.81. The molecule has 0 aromatic heterocycles. The Morgan fingerprint density at radius 2 is 2.20 bits per heavy atom. The summed E-state index contributed by atoms with van der Waals surface area (Å²) in [6.45, 7) is 2.44. The number of amidine groups is 1. The first-order valence-electron chi connectivity index (χ1n) is 6.14. The van der Waals surface area contributed by atoms with Crippen LogP contribution < -0.4 is 21.5 Å². The van der Waals surface area contributed by atoms with Gasteiger partial charge in [0.2, 0.25) is 5.91 Å². The van der Waals surface area contributed by atoms with Crippen molar-refractivity contribution in [2.45, 2.75) is 25.9 Å². The highest BCUT2D eigenvalue weighted by molar-refractivity contribution is 5.99. The van der Waals surface area contributed by atoms with Crippen LogP contribution in [-0.2, 0) is 11.3 Å². The lowest BCUT2D eigenvalue weighted by Crippen LogP contribution is -2.30. The fraction of sp³-hybridized carbons (Fsp3) is 0.385. The van der Waals surface area contributed by atoms with Gasteiger partial charge in [0.25, 0.3) is 0 Å². The minimum atomic E-state index is -0.343. The molecule has 0 fully saturated rings. The summed E-state index contributed by atoms with van der Waals surface area (Å²) < 4.78 is 5.21. The largest absolute Gasteiger partial charge is 0.496 e.